The lowest BCUT2D eigenvalue weighted by Gasteiger charge is -2.03. The van der Waals surface area contributed by atoms with Crippen molar-refractivity contribution in [1.82, 2.24) is 19.6 Å². The third kappa shape index (κ3) is 0.999. The van der Waals surface area contributed by atoms with E-state index in [1.807, 2.05) is 35.6 Å². The predicted octanol–water partition coefficient (Wildman–Crippen LogP) is 1.17. The molecule has 2 aromatic heterocycles. The van der Waals surface area contributed by atoms with E-state index in [0.29, 0.717) is 11.6 Å². The van der Waals surface area contributed by atoms with Gasteiger partial charge in [-0.2, -0.15) is 0 Å². The molecule has 3 aromatic rings. The van der Waals surface area contributed by atoms with Crippen molar-refractivity contribution < 1.29 is 0 Å². The highest BCUT2D eigenvalue weighted by atomic mass is 15.3. The number of nitrogens with two attached hydrogens (primary N) is 1. The molecule has 0 bridgehead atoms. The number of rotatable bonds is 0. The van der Waals surface area contributed by atoms with Crippen molar-refractivity contribution in [1.29, 1.82) is 0 Å². The van der Waals surface area contributed by atoms with E-state index in [4.69, 9.17) is 5.73 Å². The molecule has 0 fully saturated rings. The summed E-state index contributed by atoms with van der Waals surface area (Å²) in [5, 5.41) is 7.85. The Balaban J connectivity index is 2.67. The quantitative estimate of drug-likeness (QED) is 0.590. The number of nitrogens with zero attached hydrogens (tertiary/aromatic N) is 4. The molecule has 3 rings (SSSR count). The molecule has 5 heteroatoms. The maximum absolute atomic E-state index is 5.77. The number of aryl methyl sites for hydroxylation is 1. The molecule has 0 aliphatic heterocycles. The van der Waals surface area contributed by atoms with Crippen LogP contribution >= 0.6 is 0 Å². The lowest BCUT2D eigenvalue weighted by Crippen LogP contribution is -1.99. The highest BCUT2D eigenvalue weighted by Crippen LogP contribution is 2.18. The molecular formula is C10H9N5. The maximum atomic E-state index is 5.77. The second-order valence-corrected chi connectivity index (χ2v) is 3.40. The molecule has 0 radical (unpaired) electrons. The molecule has 74 valence electrons. The average Bonchev–Trinajstić information content (AvgIpc) is 2.62. The third-order valence-electron chi connectivity index (χ3n) is 2.42. The molecule has 0 atom stereocenters. The van der Waals surface area contributed by atoms with E-state index in [1.165, 1.54) is 0 Å². The van der Waals surface area contributed by atoms with Crippen LogP contribution in [0.3, 0.4) is 0 Å². The van der Waals surface area contributed by atoms with Crippen LogP contribution in [-0.2, 0) is 0 Å². The Labute approximate surface area is 85.6 Å². The summed E-state index contributed by atoms with van der Waals surface area (Å²) in [6.45, 7) is 1.90. The standard InChI is InChI=1S/C10H9N5/c1-6-9-13-14-10(11)15(9)8-5-3-2-4-7(8)12-6/h2-5H,1H3,(H2,11,14). The first-order valence-corrected chi connectivity index (χ1v) is 4.63. The molecule has 15 heavy (non-hydrogen) atoms. The largest absolute Gasteiger partial charge is 0.368 e. The molecule has 1 aromatic carbocycles. The lowest BCUT2D eigenvalue weighted by molar-refractivity contribution is 1.11. The first-order chi connectivity index (χ1) is 7.27. The second kappa shape index (κ2) is 2.66. The topological polar surface area (TPSA) is 69.1 Å². The molecule has 0 saturated carbocycles. The Morgan fingerprint density at radius 2 is 2.00 bits per heavy atom. The number of anilines is 1. The normalized spacial score (nSPS) is 11.3. The Bertz CT molecular complexity index is 655. The Kier molecular flexibility index (Phi) is 1.45. The predicted molar refractivity (Wildman–Crippen MR) is 57.4 cm³/mol. The minimum absolute atomic E-state index is 0.395. The van der Waals surface area contributed by atoms with Gasteiger partial charge in [0.1, 0.15) is 0 Å². The van der Waals surface area contributed by atoms with Gasteiger partial charge in [-0.25, -0.2) is 4.98 Å². The monoisotopic (exact) mass is 199 g/mol. The maximum Gasteiger partial charge on any atom is 0.227 e. The SMILES string of the molecule is Cc1nc2ccccc2n2c(N)nnc12. The van der Waals surface area contributed by atoms with E-state index < -0.39 is 0 Å². The van der Waals surface area contributed by atoms with Gasteiger partial charge in [-0.15, -0.1) is 10.2 Å². The van der Waals surface area contributed by atoms with Gasteiger partial charge in [0.05, 0.1) is 16.7 Å². The molecule has 0 aliphatic carbocycles. The summed E-state index contributed by atoms with van der Waals surface area (Å²) >= 11 is 0. The Morgan fingerprint density at radius 1 is 1.20 bits per heavy atom. The van der Waals surface area contributed by atoms with Gasteiger partial charge in [0.15, 0.2) is 5.65 Å². The van der Waals surface area contributed by atoms with E-state index in [0.717, 1.165) is 16.7 Å². The summed E-state index contributed by atoms with van der Waals surface area (Å²) in [6, 6.07) is 7.79. The minimum Gasteiger partial charge on any atom is -0.368 e. The zero-order valence-electron chi connectivity index (χ0n) is 8.18. The van der Waals surface area contributed by atoms with E-state index in [-0.39, 0.29) is 0 Å². The smallest absolute Gasteiger partial charge is 0.227 e. The third-order valence-corrected chi connectivity index (χ3v) is 2.42. The van der Waals surface area contributed by atoms with Crippen LogP contribution in [0.5, 0.6) is 0 Å². The van der Waals surface area contributed by atoms with Crippen molar-refractivity contribution >= 4 is 22.6 Å². The Hall–Kier alpha value is -2.17. The highest BCUT2D eigenvalue weighted by molar-refractivity contribution is 5.79. The minimum atomic E-state index is 0.395. The van der Waals surface area contributed by atoms with Gasteiger partial charge in [0, 0.05) is 0 Å². The van der Waals surface area contributed by atoms with Crippen LogP contribution in [0.2, 0.25) is 0 Å². The summed E-state index contributed by atoms with van der Waals surface area (Å²) in [6.07, 6.45) is 0. The van der Waals surface area contributed by atoms with Crippen LogP contribution in [0.15, 0.2) is 24.3 Å². The first kappa shape index (κ1) is 8.16. The van der Waals surface area contributed by atoms with E-state index in [9.17, 15) is 0 Å². The number of para-hydroxylation sites is 2. The Morgan fingerprint density at radius 3 is 2.87 bits per heavy atom. The summed E-state index contributed by atoms with van der Waals surface area (Å²) in [5.74, 6) is 0.395. The van der Waals surface area contributed by atoms with E-state index in [1.54, 1.807) is 0 Å². The van der Waals surface area contributed by atoms with Crippen LogP contribution in [0.25, 0.3) is 16.7 Å². The van der Waals surface area contributed by atoms with Crippen molar-refractivity contribution in [2.75, 3.05) is 5.73 Å². The van der Waals surface area contributed by atoms with Crippen molar-refractivity contribution in [3.63, 3.8) is 0 Å². The van der Waals surface area contributed by atoms with Crippen LogP contribution in [0.1, 0.15) is 5.69 Å². The molecule has 0 amide bonds. The van der Waals surface area contributed by atoms with Crippen LogP contribution in [-0.4, -0.2) is 19.6 Å². The van der Waals surface area contributed by atoms with Crippen LogP contribution < -0.4 is 5.73 Å². The zero-order chi connectivity index (χ0) is 10.4. The summed E-state index contributed by atoms with van der Waals surface area (Å²) in [4.78, 5) is 4.44. The fourth-order valence-corrected chi connectivity index (χ4v) is 1.75. The molecule has 2 heterocycles. The van der Waals surface area contributed by atoms with E-state index in [2.05, 4.69) is 15.2 Å². The molecule has 0 unspecified atom stereocenters. The summed E-state index contributed by atoms with van der Waals surface area (Å²) in [7, 11) is 0. The van der Waals surface area contributed by atoms with E-state index >= 15 is 0 Å². The van der Waals surface area contributed by atoms with Crippen molar-refractivity contribution in [2.45, 2.75) is 6.92 Å². The van der Waals surface area contributed by atoms with Gasteiger partial charge in [-0.05, 0) is 19.1 Å². The lowest BCUT2D eigenvalue weighted by atomic mass is 10.3. The van der Waals surface area contributed by atoms with Crippen molar-refractivity contribution in [3.05, 3.63) is 30.0 Å². The zero-order valence-corrected chi connectivity index (χ0v) is 8.18. The molecule has 0 aliphatic rings. The van der Waals surface area contributed by atoms with Crippen LogP contribution in [0.4, 0.5) is 5.95 Å². The molecule has 0 spiro atoms. The number of benzene rings is 1. The molecule has 0 saturated heterocycles. The van der Waals surface area contributed by atoms with Gasteiger partial charge >= 0.3 is 0 Å². The van der Waals surface area contributed by atoms with Crippen molar-refractivity contribution in [3.8, 4) is 0 Å². The number of hydrogen-bond donors (Lipinski definition) is 1. The molecule has 2 N–H and O–H groups in total. The number of aromatic nitrogens is 4. The highest BCUT2D eigenvalue weighted by Gasteiger charge is 2.09. The molecular weight excluding hydrogens is 190 g/mol. The number of nitrogen functional groups attached to an aromatic ring is 1. The first-order valence-electron chi connectivity index (χ1n) is 4.63. The fourth-order valence-electron chi connectivity index (χ4n) is 1.75. The summed E-state index contributed by atoms with van der Waals surface area (Å²) < 4.78 is 1.82. The molecule has 5 nitrogen and oxygen atoms in total. The number of hydrogen-bond acceptors (Lipinski definition) is 4. The average molecular weight is 199 g/mol. The summed E-state index contributed by atoms with van der Waals surface area (Å²) in [5.41, 5.74) is 9.15. The van der Waals surface area contributed by atoms with Gasteiger partial charge in [-0.3, -0.25) is 4.40 Å². The number of fused-ring (bicyclic) bond motifs is 3. The van der Waals surface area contributed by atoms with Gasteiger partial charge in [0.25, 0.3) is 0 Å². The van der Waals surface area contributed by atoms with Crippen LogP contribution in [0, 0.1) is 6.92 Å². The van der Waals surface area contributed by atoms with Crippen molar-refractivity contribution in [2.24, 2.45) is 0 Å². The van der Waals surface area contributed by atoms with Gasteiger partial charge in [-0.1, -0.05) is 12.1 Å². The fraction of sp³-hybridized carbons (Fsp3) is 0.100. The second-order valence-electron chi connectivity index (χ2n) is 3.40. The van der Waals surface area contributed by atoms with Gasteiger partial charge in [0.2, 0.25) is 5.95 Å². The van der Waals surface area contributed by atoms with Gasteiger partial charge < -0.3 is 5.73 Å².